The summed E-state index contributed by atoms with van der Waals surface area (Å²) in [5.41, 5.74) is 0.418. The highest BCUT2D eigenvalue weighted by atomic mass is 79.9. The minimum atomic E-state index is -1.09. The van der Waals surface area contributed by atoms with Gasteiger partial charge in [-0.1, -0.05) is 40.2 Å². The van der Waals surface area contributed by atoms with Crippen LogP contribution in [0.15, 0.2) is 24.3 Å². The molecule has 3 aliphatic heterocycles. The summed E-state index contributed by atoms with van der Waals surface area (Å²) in [6.45, 7) is 3.01. The molecule has 3 N–H and O–H groups in total. The summed E-state index contributed by atoms with van der Waals surface area (Å²) in [5.74, 6) is -2.13. The monoisotopic (exact) mass is 576 g/mol. The summed E-state index contributed by atoms with van der Waals surface area (Å²) < 4.78 is 8.08. The Labute approximate surface area is 223 Å². The standard InChI is InChI=1S/C25H33BrN6O5/c1-2-10-27-22(34)18-19-24(36)31(11-6-3-7-12-33)21(25(19)13-15(26)20(18)37-25)23(35)28-14-32-17-9-5-4-8-16(17)29-30-32/h4-5,8-9,15,18-21,33H,2-3,6-7,10-14H2,1H3,(H,27,34)(H,28,35)/t15?,18-,19+,20-,21?,25?/m1/s1. The number of fused-ring (bicyclic) bond motifs is 2. The van der Waals surface area contributed by atoms with Crippen molar-refractivity contribution in [3.05, 3.63) is 24.3 Å². The van der Waals surface area contributed by atoms with Crippen LogP contribution in [-0.2, 0) is 25.8 Å². The zero-order chi connectivity index (χ0) is 26.2. The highest BCUT2D eigenvalue weighted by Gasteiger charge is 2.76. The van der Waals surface area contributed by atoms with E-state index in [1.807, 2.05) is 31.2 Å². The number of aliphatic hydroxyl groups excluding tert-OH is 1. The number of nitrogens with zero attached hydrogens (tertiary/aromatic N) is 4. The molecule has 3 fully saturated rings. The lowest BCUT2D eigenvalue weighted by Gasteiger charge is -2.34. The van der Waals surface area contributed by atoms with Crippen molar-refractivity contribution in [3.63, 3.8) is 0 Å². The lowest BCUT2D eigenvalue weighted by atomic mass is 9.70. The first-order chi connectivity index (χ1) is 17.9. The van der Waals surface area contributed by atoms with Crippen molar-refractivity contribution >= 4 is 44.7 Å². The Kier molecular flexibility index (Phi) is 7.51. The van der Waals surface area contributed by atoms with E-state index in [2.05, 4.69) is 36.9 Å². The van der Waals surface area contributed by atoms with Crippen LogP contribution in [0.25, 0.3) is 11.0 Å². The first-order valence-electron chi connectivity index (χ1n) is 13.0. The van der Waals surface area contributed by atoms with Crippen LogP contribution in [0.4, 0.5) is 0 Å². The van der Waals surface area contributed by atoms with E-state index < -0.39 is 29.6 Å². The third-order valence-electron chi connectivity index (χ3n) is 7.77. The number of hydrogen-bond acceptors (Lipinski definition) is 7. The molecule has 3 saturated heterocycles. The number of benzene rings is 1. The normalized spacial score (nSPS) is 30.2. The Morgan fingerprint density at radius 3 is 2.81 bits per heavy atom. The molecule has 200 valence electrons. The minimum Gasteiger partial charge on any atom is -0.396 e. The molecule has 3 aliphatic rings. The first-order valence-corrected chi connectivity index (χ1v) is 13.9. The second-order valence-corrected chi connectivity index (χ2v) is 11.2. The third-order valence-corrected chi connectivity index (χ3v) is 8.61. The summed E-state index contributed by atoms with van der Waals surface area (Å²) in [5, 5.41) is 23.3. The zero-order valence-corrected chi connectivity index (χ0v) is 22.4. The van der Waals surface area contributed by atoms with Crippen LogP contribution in [-0.4, -0.2) is 85.0 Å². The predicted octanol–water partition coefficient (Wildman–Crippen LogP) is 0.942. The highest BCUT2D eigenvalue weighted by molar-refractivity contribution is 9.09. The fourth-order valence-corrected chi connectivity index (χ4v) is 7.13. The van der Waals surface area contributed by atoms with Crippen LogP contribution in [0.5, 0.6) is 0 Å². The molecule has 0 aliphatic carbocycles. The molecule has 1 aromatic carbocycles. The second-order valence-electron chi connectivity index (χ2n) is 10.0. The van der Waals surface area contributed by atoms with Crippen molar-refractivity contribution in [1.29, 1.82) is 0 Å². The van der Waals surface area contributed by atoms with Crippen molar-refractivity contribution in [1.82, 2.24) is 30.5 Å². The van der Waals surface area contributed by atoms with E-state index in [1.165, 1.54) is 0 Å². The lowest BCUT2D eigenvalue weighted by molar-refractivity contribution is -0.142. The van der Waals surface area contributed by atoms with Gasteiger partial charge in [-0.2, -0.15) is 0 Å². The van der Waals surface area contributed by atoms with Gasteiger partial charge >= 0.3 is 0 Å². The Hall–Kier alpha value is -2.57. The number of carbonyl (C=O) groups excluding carboxylic acids is 3. The number of unbranched alkanes of at least 4 members (excludes halogenated alkanes) is 2. The lowest BCUT2D eigenvalue weighted by Crippen LogP contribution is -2.56. The largest absolute Gasteiger partial charge is 0.396 e. The van der Waals surface area contributed by atoms with E-state index >= 15 is 0 Å². The van der Waals surface area contributed by atoms with E-state index in [9.17, 15) is 19.5 Å². The topological polar surface area (TPSA) is 139 Å². The molecule has 0 saturated carbocycles. The Balaban J connectivity index is 1.42. The maximum absolute atomic E-state index is 13.8. The molecule has 3 amide bonds. The maximum Gasteiger partial charge on any atom is 0.247 e. The average Bonchev–Trinajstić information content (AvgIpc) is 3.61. The van der Waals surface area contributed by atoms with Crippen LogP contribution in [0.2, 0.25) is 0 Å². The molecule has 0 radical (unpaired) electrons. The summed E-state index contributed by atoms with van der Waals surface area (Å²) >= 11 is 3.67. The summed E-state index contributed by atoms with van der Waals surface area (Å²) in [6, 6.07) is 6.60. The van der Waals surface area contributed by atoms with Gasteiger partial charge < -0.3 is 25.4 Å². The molecule has 2 aromatic rings. The molecule has 1 aromatic heterocycles. The number of rotatable bonds is 11. The number of hydrogen-bond donors (Lipinski definition) is 3. The molecule has 4 heterocycles. The van der Waals surface area contributed by atoms with Gasteiger partial charge in [0.2, 0.25) is 17.7 Å². The van der Waals surface area contributed by atoms with Crippen LogP contribution < -0.4 is 10.6 Å². The third kappa shape index (κ3) is 4.42. The number of carbonyl (C=O) groups is 3. The average molecular weight is 577 g/mol. The number of halogens is 1. The van der Waals surface area contributed by atoms with E-state index in [0.29, 0.717) is 32.4 Å². The van der Waals surface area contributed by atoms with Gasteiger partial charge in [-0.05, 0) is 44.2 Å². The van der Waals surface area contributed by atoms with Crippen LogP contribution >= 0.6 is 15.9 Å². The van der Waals surface area contributed by atoms with Gasteiger partial charge in [0.05, 0.1) is 23.5 Å². The molecule has 3 unspecified atom stereocenters. The van der Waals surface area contributed by atoms with E-state index in [-0.39, 0.29) is 35.8 Å². The Bertz CT molecular complexity index is 1180. The molecular formula is C25H33BrN6O5. The fourth-order valence-electron chi connectivity index (χ4n) is 6.19. The van der Waals surface area contributed by atoms with Crippen LogP contribution in [0.3, 0.4) is 0 Å². The van der Waals surface area contributed by atoms with Gasteiger partial charge in [-0.15, -0.1) is 5.10 Å². The molecule has 37 heavy (non-hydrogen) atoms. The van der Waals surface area contributed by atoms with Gasteiger partial charge in [-0.3, -0.25) is 14.4 Å². The number of para-hydroxylation sites is 1. The van der Waals surface area contributed by atoms with Crippen molar-refractivity contribution < 1.29 is 24.2 Å². The van der Waals surface area contributed by atoms with Gasteiger partial charge in [0.25, 0.3) is 0 Å². The van der Waals surface area contributed by atoms with E-state index in [4.69, 9.17) is 4.74 Å². The predicted molar refractivity (Wildman–Crippen MR) is 137 cm³/mol. The minimum absolute atomic E-state index is 0.0754. The molecule has 1 spiro atoms. The number of aromatic nitrogens is 3. The Morgan fingerprint density at radius 1 is 1.22 bits per heavy atom. The van der Waals surface area contributed by atoms with Gasteiger partial charge in [0.1, 0.15) is 23.8 Å². The molecule has 2 bridgehead atoms. The van der Waals surface area contributed by atoms with Crippen LogP contribution in [0, 0.1) is 11.8 Å². The molecule has 11 nitrogen and oxygen atoms in total. The number of likely N-dealkylation sites (tertiary alicyclic amines) is 1. The molecule has 12 heteroatoms. The van der Waals surface area contributed by atoms with Gasteiger partial charge in [-0.25, -0.2) is 4.68 Å². The molecular weight excluding hydrogens is 544 g/mol. The number of alkyl halides is 1. The second kappa shape index (κ2) is 10.7. The van der Waals surface area contributed by atoms with Crippen LogP contribution in [0.1, 0.15) is 39.0 Å². The van der Waals surface area contributed by atoms with Gasteiger partial charge in [0.15, 0.2) is 0 Å². The fraction of sp³-hybridized carbons (Fsp3) is 0.640. The molecule has 5 rings (SSSR count). The Morgan fingerprint density at radius 2 is 2.03 bits per heavy atom. The van der Waals surface area contributed by atoms with E-state index in [1.54, 1.807) is 9.58 Å². The van der Waals surface area contributed by atoms with Crippen molar-refractivity contribution in [2.45, 2.75) is 68.3 Å². The highest BCUT2D eigenvalue weighted by Crippen LogP contribution is 2.60. The summed E-state index contributed by atoms with van der Waals surface area (Å²) in [7, 11) is 0. The smallest absolute Gasteiger partial charge is 0.247 e. The quantitative estimate of drug-likeness (QED) is 0.267. The summed E-state index contributed by atoms with van der Waals surface area (Å²) in [6.07, 6.45) is 2.75. The number of nitrogens with one attached hydrogen (secondary N) is 2. The van der Waals surface area contributed by atoms with E-state index in [0.717, 1.165) is 23.9 Å². The van der Waals surface area contributed by atoms with Crippen molar-refractivity contribution in [2.24, 2.45) is 11.8 Å². The summed E-state index contributed by atoms with van der Waals surface area (Å²) in [4.78, 5) is 42.3. The molecule has 6 atom stereocenters. The number of aliphatic hydroxyl groups is 1. The maximum atomic E-state index is 13.8. The number of ether oxygens (including phenoxy) is 1. The van der Waals surface area contributed by atoms with Gasteiger partial charge in [0, 0.05) is 24.5 Å². The SMILES string of the molecule is CCCNC(=O)[C@H]1[C@@H]2OC3(CC2Br)C(C(=O)NCn2nnc4ccccc42)N(CCCCCO)C(=O)[C@H]13. The van der Waals surface area contributed by atoms with Crippen molar-refractivity contribution in [2.75, 3.05) is 19.7 Å². The van der Waals surface area contributed by atoms with Crippen molar-refractivity contribution in [3.8, 4) is 0 Å². The first kappa shape index (κ1) is 26.1. The zero-order valence-electron chi connectivity index (χ0n) is 20.8. The number of amides is 3.